The van der Waals surface area contributed by atoms with Crippen molar-refractivity contribution in [2.24, 2.45) is 22.9 Å². The highest BCUT2D eigenvalue weighted by molar-refractivity contribution is 6.03. The highest BCUT2D eigenvalue weighted by Crippen LogP contribution is 2.62. The Morgan fingerprint density at radius 2 is 1.63 bits per heavy atom. The van der Waals surface area contributed by atoms with Crippen LogP contribution in [0, 0.1) is 41.7 Å². The van der Waals surface area contributed by atoms with Crippen molar-refractivity contribution >= 4 is 23.4 Å². The minimum atomic E-state index is -1.53. The van der Waals surface area contributed by atoms with Crippen LogP contribution in [-0.4, -0.2) is 75.7 Å². The van der Waals surface area contributed by atoms with Crippen molar-refractivity contribution in [3.63, 3.8) is 0 Å². The normalized spacial score (nSPS) is 22.7. The van der Waals surface area contributed by atoms with Crippen molar-refractivity contribution in [2.75, 3.05) is 26.6 Å². The molecule has 0 bridgehead atoms. The number of non-ortho nitro benzene ring substituents is 1. The van der Waals surface area contributed by atoms with E-state index in [1.54, 1.807) is 29.2 Å². The molecule has 6 atom stereocenters. The molecule has 0 saturated heterocycles. The van der Waals surface area contributed by atoms with Crippen molar-refractivity contribution in [3.8, 4) is 28.7 Å². The second kappa shape index (κ2) is 21.7. The number of allylic oxidation sites excluding steroid dienone is 1. The highest BCUT2D eigenvalue weighted by Gasteiger charge is 2.65. The van der Waals surface area contributed by atoms with E-state index in [0.29, 0.717) is 52.9 Å². The lowest BCUT2D eigenvalue weighted by atomic mass is 9.55. The molecule has 14 heteroatoms. The number of aryl methyl sites for hydroxylation is 2. The summed E-state index contributed by atoms with van der Waals surface area (Å²) in [7, 11) is 0. The fraction of sp³-hybridized carbons (Fsp3) is 0.429. The number of hydrogen-bond acceptors (Lipinski definition) is 12. The number of nitro groups is 1. The van der Waals surface area contributed by atoms with E-state index in [0.717, 1.165) is 53.5 Å². The molecular formula is C56H65N3O11. The molecular weight excluding hydrogens is 891 g/mol. The van der Waals surface area contributed by atoms with Gasteiger partial charge in [-0.3, -0.25) is 14.9 Å². The SMILES string of the molecule is C=CCOC12Oc3ccc(Oc4ccc(C)c(C)c4)cc3C3C(CCCCO)C(CCCCO)C=C(C(=NOC(C)(C)C)CC1N(Cc1ccc4c(c1)OCO4)C(=O)C=Cc1ccc([N+](=O)[O-])cc1)C32. The first-order valence-corrected chi connectivity index (χ1v) is 24.3. The summed E-state index contributed by atoms with van der Waals surface area (Å²) in [5, 5.41) is 36.6. The zero-order valence-corrected chi connectivity index (χ0v) is 40.8. The van der Waals surface area contributed by atoms with Gasteiger partial charge >= 0.3 is 0 Å². The van der Waals surface area contributed by atoms with Gasteiger partial charge in [0.25, 0.3) is 5.69 Å². The number of hydrogen-bond donors (Lipinski definition) is 2. The van der Waals surface area contributed by atoms with E-state index in [1.165, 1.54) is 18.2 Å². The molecule has 2 aliphatic carbocycles. The van der Waals surface area contributed by atoms with E-state index in [1.807, 2.05) is 69.3 Å². The molecule has 4 aromatic rings. The Labute approximate surface area is 410 Å². The Kier molecular flexibility index (Phi) is 15.4. The number of amides is 1. The Morgan fingerprint density at radius 1 is 0.914 bits per heavy atom. The molecule has 1 saturated carbocycles. The van der Waals surface area contributed by atoms with Crippen LogP contribution in [0.4, 0.5) is 5.69 Å². The number of nitrogens with zero attached hydrogens (tertiary/aromatic N) is 3. The number of benzene rings is 4. The number of aliphatic hydroxyl groups excluding tert-OH is 2. The van der Waals surface area contributed by atoms with Crippen LogP contribution in [0.5, 0.6) is 28.7 Å². The molecule has 370 valence electrons. The van der Waals surface area contributed by atoms with Crippen LogP contribution in [0.2, 0.25) is 0 Å². The van der Waals surface area contributed by atoms with Crippen LogP contribution in [0.15, 0.2) is 114 Å². The van der Waals surface area contributed by atoms with E-state index < -0.39 is 28.3 Å². The molecule has 70 heavy (non-hydrogen) atoms. The standard InChI is InChI=1S/C56H65N3O11/c1-7-28-67-56-51(58(34-39-17-23-49-50(30-39)66-35-65-49)52(62)25-18-38-15-19-41(20-16-38)59(63)64)33-47(57-70-55(4,5)6)45-31-40(12-8-10-26-60)44(13-9-11-27-61)53(54(45)56)46-32-43(22-24-48(46)69-56)68-42-21-14-36(2)37(3)29-42/h7,14-25,29-32,40,44,51,53-54,60-61H,1,8-13,26-28,33-35H2,2-6H3. The number of nitro benzene ring substituents is 1. The monoisotopic (exact) mass is 955 g/mol. The summed E-state index contributed by atoms with van der Waals surface area (Å²) in [4.78, 5) is 34.5. The molecule has 0 radical (unpaired) electrons. The maximum Gasteiger partial charge on any atom is 0.269 e. The van der Waals surface area contributed by atoms with Crippen LogP contribution in [0.3, 0.4) is 0 Å². The molecule has 1 fully saturated rings. The third kappa shape index (κ3) is 10.9. The summed E-state index contributed by atoms with van der Waals surface area (Å²) in [6.07, 6.45) is 11.7. The van der Waals surface area contributed by atoms with E-state index >= 15 is 4.79 Å². The highest BCUT2D eigenvalue weighted by atomic mass is 16.7. The number of unbranched alkanes of at least 4 members (excludes halogenated alkanes) is 2. The molecule has 14 nitrogen and oxygen atoms in total. The molecule has 8 rings (SSSR count). The maximum absolute atomic E-state index is 15.3. The summed E-state index contributed by atoms with van der Waals surface area (Å²) in [5.74, 6) is 0.381. The Balaban J connectivity index is 1.35. The van der Waals surface area contributed by atoms with E-state index in [2.05, 4.69) is 32.6 Å². The molecule has 1 amide bonds. The quantitative estimate of drug-likeness (QED) is 0.0284. The van der Waals surface area contributed by atoms with Gasteiger partial charge in [-0.2, -0.15) is 0 Å². The number of aliphatic hydroxyl groups is 2. The topological polar surface area (TPSA) is 172 Å². The third-order valence-electron chi connectivity index (χ3n) is 13.8. The largest absolute Gasteiger partial charge is 0.459 e. The minimum Gasteiger partial charge on any atom is -0.459 e. The van der Waals surface area contributed by atoms with Crippen molar-refractivity contribution in [2.45, 2.75) is 109 Å². The van der Waals surface area contributed by atoms with Crippen LogP contribution in [-0.2, 0) is 20.9 Å². The number of ether oxygens (including phenoxy) is 5. The second-order valence-electron chi connectivity index (χ2n) is 19.7. The molecule has 6 unspecified atom stereocenters. The maximum atomic E-state index is 15.3. The van der Waals surface area contributed by atoms with Crippen LogP contribution in [0.25, 0.3) is 6.08 Å². The number of rotatable bonds is 20. The van der Waals surface area contributed by atoms with Crippen LogP contribution < -0.4 is 18.9 Å². The van der Waals surface area contributed by atoms with Gasteiger partial charge < -0.3 is 43.6 Å². The summed E-state index contributed by atoms with van der Waals surface area (Å²) in [6, 6.07) is 22.7. The first kappa shape index (κ1) is 49.9. The van der Waals surface area contributed by atoms with Crippen LogP contribution >= 0.6 is 0 Å². The molecule has 4 aliphatic rings. The summed E-state index contributed by atoms with van der Waals surface area (Å²) >= 11 is 0. The molecule has 2 aliphatic heterocycles. The lowest BCUT2D eigenvalue weighted by molar-refractivity contribution is -0.384. The number of fused-ring (bicyclic) bond motifs is 3. The van der Waals surface area contributed by atoms with Crippen molar-refractivity contribution in [1.29, 1.82) is 0 Å². The number of carbonyl (C=O) groups excluding carboxylic acids is 1. The van der Waals surface area contributed by atoms with E-state index in [-0.39, 0.29) is 68.9 Å². The van der Waals surface area contributed by atoms with E-state index in [9.17, 15) is 20.3 Å². The van der Waals surface area contributed by atoms with Gasteiger partial charge in [-0.05, 0) is 161 Å². The van der Waals surface area contributed by atoms with Crippen molar-refractivity contribution in [1.82, 2.24) is 4.90 Å². The molecule has 0 spiro atoms. The molecule has 2 N–H and O–H groups in total. The Morgan fingerprint density at radius 3 is 2.34 bits per heavy atom. The number of oxime groups is 1. The first-order chi connectivity index (χ1) is 33.7. The summed E-state index contributed by atoms with van der Waals surface area (Å²) < 4.78 is 32.8. The van der Waals surface area contributed by atoms with Gasteiger partial charge in [-0.1, -0.05) is 42.3 Å². The summed E-state index contributed by atoms with van der Waals surface area (Å²) in [6.45, 7) is 14.4. The predicted molar refractivity (Wildman–Crippen MR) is 267 cm³/mol. The van der Waals surface area contributed by atoms with Gasteiger partial charge in [0.15, 0.2) is 11.5 Å². The van der Waals surface area contributed by atoms with Crippen molar-refractivity contribution < 1.29 is 48.5 Å². The van der Waals surface area contributed by atoms with Gasteiger partial charge in [0.2, 0.25) is 18.5 Å². The third-order valence-corrected chi connectivity index (χ3v) is 13.8. The smallest absolute Gasteiger partial charge is 0.269 e. The summed E-state index contributed by atoms with van der Waals surface area (Å²) in [5.41, 5.74) is 5.41. The van der Waals surface area contributed by atoms with Gasteiger partial charge in [0, 0.05) is 55.9 Å². The fourth-order valence-electron chi connectivity index (χ4n) is 10.4. The van der Waals surface area contributed by atoms with E-state index in [4.69, 9.17) is 33.7 Å². The van der Waals surface area contributed by atoms with Gasteiger partial charge in [-0.15, -0.1) is 6.58 Å². The average molecular weight is 956 g/mol. The van der Waals surface area contributed by atoms with Gasteiger partial charge in [0.05, 0.1) is 23.2 Å². The first-order valence-electron chi connectivity index (χ1n) is 24.3. The predicted octanol–water partition coefficient (Wildman–Crippen LogP) is 10.9. The molecule has 2 heterocycles. The fourth-order valence-corrected chi connectivity index (χ4v) is 10.4. The Bertz CT molecular complexity index is 2640. The second-order valence-corrected chi connectivity index (χ2v) is 19.7. The van der Waals surface area contributed by atoms with Crippen molar-refractivity contribution in [3.05, 3.63) is 147 Å². The molecule has 4 aromatic carbocycles. The minimum absolute atomic E-state index is 0.00574. The lowest BCUT2D eigenvalue weighted by Crippen LogP contribution is -2.70. The Hall–Kier alpha value is -6.48. The molecule has 0 aromatic heterocycles. The average Bonchev–Trinajstić information content (AvgIpc) is 3.82. The lowest BCUT2D eigenvalue weighted by Gasteiger charge is -2.60. The zero-order chi connectivity index (χ0) is 49.6. The number of carbonyl (C=O) groups is 1. The zero-order valence-electron chi connectivity index (χ0n) is 40.8. The van der Waals surface area contributed by atoms with Gasteiger partial charge in [-0.25, -0.2) is 0 Å². The van der Waals surface area contributed by atoms with Crippen LogP contribution in [0.1, 0.15) is 99.5 Å². The van der Waals surface area contributed by atoms with Gasteiger partial charge in [0.1, 0.15) is 28.9 Å².